The molecule has 0 bridgehead atoms. The van der Waals surface area contributed by atoms with Crippen LogP contribution in [-0.2, 0) is 6.42 Å². The number of benzene rings is 1. The number of nitrogens with one attached hydrogen (secondary N) is 1. The smallest absolute Gasteiger partial charge is 0.0323 e. The van der Waals surface area contributed by atoms with E-state index in [0.717, 1.165) is 19.5 Å². The van der Waals surface area contributed by atoms with E-state index in [4.69, 9.17) is 5.73 Å². The van der Waals surface area contributed by atoms with Crippen molar-refractivity contribution in [2.24, 2.45) is 5.73 Å². The molecule has 0 aromatic heterocycles. The lowest BCUT2D eigenvalue weighted by molar-refractivity contribution is 0.457. The molecule has 1 aromatic rings. The van der Waals surface area contributed by atoms with Crippen molar-refractivity contribution in [3.63, 3.8) is 0 Å². The van der Waals surface area contributed by atoms with Crippen molar-refractivity contribution in [2.75, 3.05) is 13.1 Å². The molecule has 1 unspecified atom stereocenters. The van der Waals surface area contributed by atoms with Crippen LogP contribution in [0.25, 0.3) is 0 Å². The Balaban J connectivity index is 2.02. The highest BCUT2D eigenvalue weighted by Gasteiger charge is 2.18. The van der Waals surface area contributed by atoms with Gasteiger partial charge in [0.1, 0.15) is 0 Å². The average Bonchev–Trinajstić information content (AvgIpc) is 2.30. The molecule has 0 heterocycles. The minimum Gasteiger partial charge on any atom is -0.330 e. The van der Waals surface area contributed by atoms with Crippen molar-refractivity contribution in [1.82, 2.24) is 5.32 Å². The van der Waals surface area contributed by atoms with Crippen molar-refractivity contribution in [3.8, 4) is 0 Å². The van der Waals surface area contributed by atoms with Gasteiger partial charge in [0, 0.05) is 6.04 Å². The minimum absolute atomic E-state index is 0.557. The van der Waals surface area contributed by atoms with Crippen molar-refractivity contribution < 1.29 is 0 Å². The van der Waals surface area contributed by atoms with E-state index in [1.54, 1.807) is 0 Å². The molecule has 2 rings (SSSR count). The molecule has 1 aromatic carbocycles. The number of hydrogen-bond acceptors (Lipinski definition) is 2. The lowest BCUT2D eigenvalue weighted by Gasteiger charge is -2.26. The SMILES string of the molecule is NCCCNC1CCCc2ccccc21. The van der Waals surface area contributed by atoms with Gasteiger partial charge in [0.05, 0.1) is 0 Å². The molecular formula is C13H20N2. The molecule has 0 radical (unpaired) electrons. The van der Waals surface area contributed by atoms with Crippen LogP contribution in [0.1, 0.15) is 36.4 Å². The van der Waals surface area contributed by atoms with E-state index in [1.807, 2.05) is 0 Å². The summed E-state index contributed by atoms with van der Waals surface area (Å²) >= 11 is 0. The molecule has 82 valence electrons. The molecule has 0 aliphatic heterocycles. The van der Waals surface area contributed by atoms with Gasteiger partial charge in [-0.25, -0.2) is 0 Å². The third-order valence-electron chi connectivity index (χ3n) is 3.14. The number of fused-ring (bicyclic) bond motifs is 1. The second kappa shape index (κ2) is 5.29. The van der Waals surface area contributed by atoms with Crippen LogP contribution in [0, 0.1) is 0 Å². The zero-order chi connectivity index (χ0) is 10.5. The first-order valence-corrected chi connectivity index (χ1v) is 5.93. The summed E-state index contributed by atoms with van der Waals surface area (Å²) < 4.78 is 0. The van der Waals surface area contributed by atoms with Gasteiger partial charge in [0.25, 0.3) is 0 Å². The highest BCUT2D eigenvalue weighted by Crippen LogP contribution is 2.29. The molecule has 2 heteroatoms. The van der Waals surface area contributed by atoms with Crippen molar-refractivity contribution in [2.45, 2.75) is 31.7 Å². The fraction of sp³-hybridized carbons (Fsp3) is 0.538. The van der Waals surface area contributed by atoms with Crippen LogP contribution in [0.2, 0.25) is 0 Å². The molecule has 15 heavy (non-hydrogen) atoms. The van der Waals surface area contributed by atoms with Gasteiger partial charge in [-0.05, 0) is 49.9 Å². The summed E-state index contributed by atoms with van der Waals surface area (Å²) in [6.07, 6.45) is 4.88. The van der Waals surface area contributed by atoms with Crippen LogP contribution in [0.4, 0.5) is 0 Å². The zero-order valence-electron chi connectivity index (χ0n) is 9.21. The monoisotopic (exact) mass is 204 g/mol. The highest BCUT2D eigenvalue weighted by molar-refractivity contribution is 5.32. The summed E-state index contributed by atoms with van der Waals surface area (Å²) in [5, 5.41) is 3.60. The van der Waals surface area contributed by atoms with Crippen molar-refractivity contribution in [3.05, 3.63) is 35.4 Å². The van der Waals surface area contributed by atoms with Crippen LogP contribution >= 0.6 is 0 Å². The maximum Gasteiger partial charge on any atom is 0.0323 e. The number of hydrogen-bond donors (Lipinski definition) is 2. The van der Waals surface area contributed by atoms with Gasteiger partial charge in [0.15, 0.2) is 0 Å². The lowest BCUT2D eigenvalue weighted by Crippen LogP contribution is -2.27. The van der Waals surface area contributed by atoms with E-state index in [2.05, 4.69) is 29.6 Å². The van der Waals surface area contributed by atoms with Gasteiger partial charge >= 0.3 is 0 Å². The predicted molar refractivity (Wildman–Crippen MR) is 63.8 cm³/mol. The molecular weight excluding hydrogens is 184 g/mol. The molecule has 0 spiro atoms. The summed E-state index contributed by atoms with van der Waals surface area (Å²) in [4.78, 5) is 0. The molecule has 3 N–H and O–H groups in total. The Kier molecular flexibility index (Phi) is 3.75. The molecule has 0 saturated heterocycles. The summed E-state index contributed by atoms with van der Waals surface area (Å²) in [5.41, 5.74) is 8.52. The third kappa shape index (κ3) is 2.58. The number of nitrogens with two attached hydrogens (primary N) is 1. The van der Waals surface area contributed by atoms with Crippen LogP contribution in [0.15, 0.2) is 24.3 Å². The molecule has 2 nitrogen and oxygen atoms in total. The quantitative estimate of drug-likeness (QED) is 0.736. The van der Waals surface area contributed by atoms with E-state index in [1.165, 1.54) is 30.4 Å². The summed E-state index contributed by atoms with van der Waals surface area (Å²) in [7, 11) is 0. The van der Waals surface area contributed by atoms with Gasteiger partial charge < -0.3 is 11.1 Å². The fourth-order valence-electron chi connectivity index (χ4n) is 2.34. The van der Waals surface area contributed by atoms with Crippen LogP contribution in [0.3, 0.4) is 0 Å². The average molecular weight is 204 g/mol. The number of rotatable bonds is 4. The largest absolute Gasteiger partial charge is 0.330 e. The first-order valence-electron chi connectivity index (χ1n) is 5.93. The second-order valence-corrected chi connectivity index (χ2v) is 4.24. The summed E-state index contributed by atoms with van der Waals surface area (Å²) in [6.45, 7) is 1.82. The van der Waals surface area contributed by atoms with Crippen LogP contribution in [0.5, 0.6) is 0 Å². The van der Waals surface area contributed by atoms with Crippen LogP contribution < -0.4 is 11.1 Å². The summed E-state index contributed by atoms with van der Waals surface area (Å²) in [5.74, 6) is 0. The minimum atomic E-state index is 0.557. The molecule has 1 aliphatic carbocycles. The Morgan fingerprint density at radius 3 is 3.07 bits per heavy atom. The fourth-order valence-corrected chi connectivity index (χ4v) is 2.34. The molecule has 1 aliphatic rings. The Bertz CT molecular complexity index is 309. The highest BCUT2D eigenvalue weighted by atomic mass is 14.9. The van der Waals surface area contributed by atoms with Gasteiger partial charge in [-0.1, -0.05) is 24.3 Å². The predicted octanol–water partition coefficient (Wildman–Crippen LogP) is 2.00. The van der Waals surface area contributed by atoms with E-state index in [9.17, 15) is 0 Å². The zero-order valence-corrected chi connectivity index (χ0v) is 9.21. The Morgan fingerprint density at radius 1 is 1.33 bits per heavy atom. The van der Waals surface area contributed by atoms with Gasteiger partial charge in [0.2, 0.25) is 0 Å². The second-order valence-electron chi connectivity index (χ2n) is 4.24. The maximum absolute atomic E-state index is 5.50. The normalized spacial score (nSPS) is 19.9. The van der Waals surface area contributed by atoms with Gasteiger partial charge in [-0.15, -0.1) is 0 Å². The lowest BCUT2D eigenvalue weighted by atomic mass is 9.88. The molecule has 1 atom stereocenters. The van der Waals surface area contributed by atoms with Crippen molar-refractivity contribution >= 4 is 0 Å². The van der Waals surface area contributed by atoms with E-state index in [0.29, 0.717) is 6.04 Å². The van der Waals surface area contributed by atoms with E-state index < -0.39 is 0 Å². The van der Waals surface area contributed by atoms with E-state index >= 15 is 0 Å². The maximum atomic E-state index is 5.50. The molecule has 0 fully saturated rings. The standard InChI is InChI=1S/C13H20N2/c14-9-4-10-15-13-8-3-6-11-5-1-2-7-12(11)13/h1-2,5,7,13,15H,3-4,6,8-10,14H2. The topological polar surface area (TPSA) is 38.0 Å². The van der Waals surface area contributed by atoms with E-state index in [-0.39, 0.29) is 0 Å². The first kappa shape index (κ1) is 10.7. The van der Waals surface area contributed by atoms with Gasteiger partial charge in [-0.2, -0.15) is 0 Å². The van der Waals surface area contributed by atoms with Crippen molar-refractivity contribution in [1.29, 1.82) is 0 Å². The Morgan fingerprint density at radius 2 is 2.20 bits per heavy atom. The molecule has 0 amide bonds. The first-order chi connectivity index (χ1) is 7.42. The Labute approximate surface area is 91.9 Å². The Hall–Kier alpha value is -0.860. The van der Waals surface area contributed by atoms with Crippen LogP contribution in [-0.4, -0.2) is 13.1 Å². The molecule has 0 saturated carbocycles. The summed E-state index contributed by atoms with van der Waals surface area (Å²) in [6, 6.07) is 9.35. The number of aryl methyl sites for hydroxylation is 1. The van der Waals surface area contributed by atoms with Gasteiger partial charge in [-0.3, -0.25) is 0 Å². The third-order valence-corrected chi connectivity index (χ3v) is 3.14.